The van der Waals surface area contributed by atoms with Crippen molar-refractivity contribution < 1.29 is 8.85 Å². The molecule has 0 aromatic rings. The molecule has 0 unspecified atom stereocenters. The molecule has 0 aliphatic rings. The molecule has 4 heteroatoms. The molecule has 0 fully saturated rings. The summed E-state index contributed by atoms with van der Waals surface area (Å²) in [5, 5.41) is 0. The summed E-state index contributed by atoms with van der Waals surface area (Å²) in [5.41, 5.74) is 0. The van der Waals surface area contributed by atoms with Crippen molar-refractivity contribution in [2.45, 2.75) is 6.04 Å². The Hall–Kier alpha value is 0.0969. The quantitative estimate of drug-likeness (QED) is 0.535. The number of hydrogen-bond donors (Lipinski definition) is 0. The molecule has 0 aliphatic heterocycles. The smallest absolute Gasteiger partial charge is 0.322 e. The largest absolute Gasteiger partial charge is 0.400 e. The predicted molar refractivity (Wildman–Crippen MR) is 44.5 cm³/mol. The lowest BCUT2D eigenvalue weighted by Crippen LogP contribution is -2.25. The van der Waals surface area contributed by atoms with Crippen molar-refractivity contribution in [2.75, 3.05) is 34.9 Å². The van der Waals surface area contributed by atoms with Gasteiger partial charge in [0.15, 0.2) is 0 Å². The first-order valence-electron chi connectivity index (χ1n) is 3.41. The maximum atomic E-state index is 5.14. The van der Waals surface area contributed by atoms with Gasteiger partial charge in [0.05, 0.1) is 0 Å². The minimum Gasteiger partial charge on any atom is -0.400 e. The van der Waals surface area contributed by atoms with Gasteiger partial charge in [-0.3, -0.25) is 0 Å². The second-order valence-corrected chi connectivity index (χ2v) is 4.87. The van der Waals surface area contributed by atoms with E-state index in [1.807, 2.05) is 0 Å². The van der Waals surface area contributed by atoms with E-state index in [2.05, 4.69) is 19.0 Å². The molecule has 0 aromatic carbocycles. The standard InChI is InChI=1S/C6H17NO2Si/c1-7(2)5-6-10(8-3)9-4/h10H,5-6H2,1-4H3. The minimum absolute atomic E-state index is 1.05. The molecule has 0 radical (unpaired) electrons. The predicted octanol–water partition coefficient (Wildman–Crippen LogP) is 0.0613. The normalized spacial score (nSPS) is 11.4. The molecule has 0 aromatic heterocycles. The summed E-state index contributed by atoms with van der Waals surface area (Å²) in [4.78, 5) is 2.14. The van der Waals surface area contributed by atoms with E-state index in [9.17, 15) is 0 Å². The molecule has 0 aliphatic carbocycles. The maximum Gasteiger partial charge on any atom is 0.322 e. The zero-order valence-electron chi connectivity index (χ0n) is 7.26. The van der Waals surface area contributed by atoms with E-state index in [1.165, 1.54) is 0 Å². The van der Waals surface area contributed by atoms with Gasteiger partial charge in [-0.05, 0) is 20.6 Å². The fraction of sp³-hybridized carbons (Fsp3) is 1.00. The molecule has 0 saturated heterocycles. The summed E-state index contributed by atoms with van der Waals surface area (Å²) in [7, 11) is 6.25. The molecule has 0 atom stereocenters. The molecule has 62 valence electrons. The Balaban J connectivity index is 3.26. The Morgan fingerprint density at radius 1 is 1.20 bits per heavy atom. The maximum absolute atomic E-state index is 5.14. The van der Waals surface area contributed by atoms with Crippen LogP contribution >= 0.6 is 0 Å². The van der Waals surface area contributed by atoms with E-state index in [4.69, 9.17) is 8.85 Å². The Kier molecular flexibility index (Phi) is 5.91. The van der Waals surface area contributed by atoms with Crippen LogP contribution in [0.15, 0.2) is 0 Å². The number of nitrogens with zero attached hydrogens (tertiary/aromatic N) is 1. The summed E-state index contributed by atoms with van der Waals surface area (Å²) in [6, 6.07) is 1.06. The van der Waals surface area contributed by atoms with Gasteiger partial charge in [-0.15, -0.1) is 0 Å². The van der Waals surface area contributed by atoms with Crippen molar-refractivity contribution in [3.63, 3.8) is 0 Å². The van der Waals surface area contributed by atoms with Crippen LogP contribution in [-0.4, -0.2) is 49.0 Å². The highest BCUT2D eigenvalue weighted by atomic mass is 28.3. The topological polar surface area (TPSA) is 21.7 Å². The van der Waals surface area contributed by atoms with Gasteiger partial charge in [-0.1, -0.05) is 0 Å². The third-order valence-electron chi connectivity index (χ3n) is 1.34. The Bertz CT molecular complexity index is 76.1. The third kappa shape index (κ3) is 4.93. The molecule has 0 bridgehead atoms. The third-order valence-corrected chi connectivity index (χ3v) is 3.12. The van der Waals surface area contributed by atoms with E-state index in [1.54, 1.807) is 14.2 Å². The van der Waals surface area contributed by atoms with Crippen LogP contribution in [0.25, 0.3) is 0 Å². The molecule has 0 heterocycles. The van der Waals surface area contributed by atoms with E-state index in [0.29, 0.717) is 0 Å². The van der Waals surface area contributed by atoms with Crippen LogP contribution in [-0.2, 0) is 8.85 Å². The van der Waals surface area contributed by atoms with Crippen LogP contribution < -0.4 is 0 Å². The van der Waals surface area contributed by atoms with Gasteiger partial charge in [0.25, 0.3) is 0 Å². The average Bonchev–Trinajstić information content (AvgIpc) is 1.90. The van der Waals surface area contributed by atoms with Gasteiger partial charge in [0, 0.05) is 20.3 Å². The second-order valence-electron chi connectivity index (χ2n) is 2.49. The van der Waals surface area contributed by atoms with Crippen molar-refractivity contribution in [2.24, 2.45) is 0 Å². The lowest BCUT2D eigenvalue weighted by molar-refractivity contribution is 0.270. The zero-order chi connectivity index (χ0) is 7.98. The first kappa shape index (κ1) is 10.1. The molecule has 0 amide bonds. The van der Waals surface area contributed by atoms with Crippen molar-refractivity contribution in [1.29, 1.82) is 0 Å². The number of hydrogen-bond acceptors (Lipinski definition) is 3. The van der Waals surface area contributed by atoms with Gasteiger partial charge in [0.2, 0.25) is 0 Å². The first-order chi connectivity index (χ1) is 4.70. The van der Waals surface area contributed by atoms with Gasteiger partial charge >= 0.3 is 9.28 Å². The molecular formula is C6H17NO2Si. The van der Waals surface area contributed by atoms with E-state index in [0.717, 1.165) is 12.6 Å². The fourth-order valence-corrected chi connectivity index (χ4v) is 2.09. The molecule has 0 spiro atoms. The van der Waals surface area contributed by atoms with E-state index < -0.39 is 9.28 Å². The van der Waals surface area contributed by atoms with Crippen LogP contribution in [0.2, 0.25) is 6.04 Å². The lowest BCUT2D eigenvalue weighted by atomic mass is 10.7. The summed E-state index contributed by atoms with van der Waals surface area (Å²) < 4.78 is 10.3. The van der Waals surface area contributed by atoms with Crippen LogP contribution in [0.5, 0.6) is 0 Å². The Morgan fingerprint density at radius 2 is 1.70 bits per heavy atom. The molecule has 10 heavy (non-hydrogen) atoms. The van der Waals surface area contributed by atoms with Crippen LogP contribution in [0.4, 0.5) is 0 Å². The summed E-state index contributed by atoms with van der Waals surface area (Å²) in [5.74, 6) is 0. The summed E-state index contributed by atoms with van der Waals surface area (Å²) in [6.45, 7) is 1.05. The van der Waals surface area contributed by atoms with Crippen LogP contribution in [0, 0.1) is 0 Å². The monoisotopic (exact) mass is 163 g/mol. The molecule has 0 rings (SSSR count). The molecule has 0 saturated carbocycles. The Morgan fingerprint density at radius 3 is 2.00 bits per heavy atom. The zero-order valence-corrected chi connectivity index (χ0v) is 8.41. The Labute approximate surface area is 64.8 Å². The SMILES string of the molecule is CO[SiH](CCN(C)C)OC. The van der Waals surface area contributed by atoms with Gasteiger partial charge in [-0.2, -0.15) is 0 Å². The highest BCUT2D eigenvalue weighted by Gasteiger charge is 2.08. The van der Waals surface area contributed by atoms with Gasteiger partial charge in [-0.25, -0.2) is 0 Å². The second kappa shape index (κ2) is 5.85. The number of rotatable bonds is 5. The van der Waals surface area contributed by atoms with Crippen molar-refractivity contribution in [3.8, 4) is 0 Å². The van der Waals surface area contributed by atoms with E-state index >= 15 is 0 Å². The van der Waals surface area contributed by atoms with Crippen molar-refractivity contribution >= 4 is 9.28 Å². The van der Waals surface area contributed by atoms with Gasteiger partial charge in [0.1, 0.15) is 0 Å². The fourth-order valence-electron chi connectivity index (χ4n) is 0.696. The van der Waals surface area contributed by atoms with Gasteiger partial charge < -0.3 is 13.8 Å². The summed E-state index contributed by atoms with van der Waals surface area (Å²) in [6.07, 6.45) is 0. The molecule has 3 nitrogen and oxygen atoms in total. The van der Waals surface area contributed by atoms with Crippen LogP contribution in [0.1, 0.15) is 0 Å². The van der Waals surface area contributed by atoms with Crippen molar-refractivity contribution in [3.05, 3.63) is 0 Å². The van der Waals surface area contributed by atoms with Crippen LogP contribution in [0.3, 0.4) is 0 Å². The summed E-state index contributed by atoms with van der Waals surface area (Å²) >= 11 is 0. The van der Waals surface area contributed by atoms with Crippen molar-refractivity contribution in [1.82, 2.24) is 4.90 Å². The van der Waals surface area contributed by atoms with E-state index in [-0.39, 0.29) is 0 Å². The molecule has 0 N–H and O–H groups in total. The molecular weight excluding hydrogens is 146 g/mol. The average molecular weight is 163 g/mol. The minimum atomic E-state index is -1.29. The first-order valence-corrected chi connectivity index (χ1v) is 5.17. The highest BCUT2D eigenvalue weighted by molar-refractivity contribution is 6.44. The highest BCUT2D eigenvalue weighted by Crippen LogP contribution is 1.94. The lowest BCUT2D eigenvalue weighted by Gasteiger charge is -2.13.